The zero-order valence-electron chi connectivity index (χ0n) is 15.4. The second kappa shape index (κ2) is 8.23. The number of alkyl halides is 3. The van der Waals surface area contributed by atoms with Gasteiger partial charge in [-0.15, -0.1) is 24.5 Å². The highest BCUT2D eigenvalue weighted by atomic mass is 32.1. The van der Waals surface area contributed by atoms with Crippen molar-refractivity contribution in [2.24, 2.45) is 5.92 Å². The number of nitrogens with one attached hydrogen (secondary N) is 1. The molecule has 0 unspecified atom stereocenters. The molecule has 0 bridgehead atoms. The standard InChI is InChI=1S/C19H16F3N3O3S2/c20-19(21,22)28-12-3-4-13-15(10-12)30-18(23-13)24-16(26)11-5-7-25(8-6-11)17(27)14-2-1-9-29-14/h1-4,9-11H,5-8H2,(H,23,24,26). The molecule has 1 fully saturated rings. The normalized spacial score (nSPS) is 15.4. The molecule has 158 valence electrons. The van der Waals surface area contributed by atoms with Crippen LogP contribution in [0, 0.1) is 5.92 Å². The molecule has 3 heterocycles. The number of hydrogen-bond donors (Lipinski definition) is 1. The lowest BCUT2D eigenvalue weighted by atomic mass is 9.96. The van der Waals surface area contributed by atoms with Crippen LogP contribution in [0.2, 0.25) is 0 Å². The molecule has 1 aliphatic heterocycles. The summed E-state index contributed by atoms with van der Waals surface area (Å²) in [5.41, 5.74) is 0.473. The largest absolute Gasteiger partial charge is 0.573 e. The van der Waals surface area contributed by atoms with Gasteiger partial charge in [0.05, 0.1) is 15.1 Å². The van der Waals surface area contributed by atoms with Crippen molar-refractivity contribution in [1.29, 1.82) is 0 Å². The average Bonchev–Trinajstić information content (AvgIpc) is 3.35. The fourth-order valence-electron chi connectivity index (χ4n) is 3.26. The van der Waals surface area contributed by atoms with E-state index in [1.165, 1.54) is 29.5 Å². The lowest BCUT2D eigenvalue weighted by Crippen LogP contribution is -2.41. The summed E-state index contributed by atoms with van der Waals surface area (Å²) in [4.78, 5) is 31.6. The van der Waals surface area contributed by atoms with E-state index in [-0.39, 0.29) is 23.5 Å². The molecule has 1 saturated heterocycles. The van der Waals surface area contributed by atoms with Gasteiger partial charge in [0, 0.05) is 25.1 Å². The lowest BCUT2D eigenvalue weighted by molar-refractivity contribution is -0.274. The average molecular weight is 455 g/mol. The lowest BCUT2D eigenvalue weighted by Gasteiger charge is -2.30. The Morgan fingerprint density at radius 1 is 1.20 bits per heavy atom. The number of amides is 2. The molecule has 3 aromatic rings. The zero-order valence-corrected chi connectivity index (χ0v) is 17.1. The highest BCUT2D eigenvalue weighted by Gasteiger charge is 2.31. The summed E-state index contributed by atoms with van der Waals surface area (Å²) in [6, 6.07) is 7.45. The third-order valence-electron chi connectivity index (χ3n) is 4.71. The van der Waals surface area contributed by atoms with Crippen LogP contribution in [0.1, 0.15) is 22.5 Å². The maximum absolute atomic E-state index is 12.6. The summed E-state index contributed by atoms with van der Waals surface area (Å²) in [7, 11) is 0. The second-order valence-electron chi connectivity index (χ2n) is 6.73. The minimum atomic E-state index is -4.77. The summed E-state index contributed by atoms with van der Waals surface area (Å²) in [6.07, 6.45) is -3.69. The van der Waals surface area contributed by atoms with Crippen LogP contribution in [0.5, 0.6) is 5.75 Å². The molecule has 0 saturated carbocycles. The number of anilines is 1. The number of likely N-dealkylation sites (tertiary alicyclic amines) is 1. The van der Waals surface area contributed by atoms with Gasteiger partial charge in [0.2, 0.25) is 5.91 Å². The van der Waals surface area contributed by atoms with E-state index in [1.807, 2.05) is 11.4 Å². The summed E-state index contributed by atoms with van der Waals surface area (Å²) in [5, 5.41) is 4.91. The minimum absolute atomic E-state index is 0.0214. The first-order chi connectivity index (χ1) is 14.3. The summed E-state index contributed by atoms with van der Waals surface area (Å²) in [5.74, 6) is -0.816. The SMILES string of the molecule is O=C(Nc1nc2ccc(OC(F)(F)F)cc2s1)C1CCN(C(=O)c2cccs2)CC1. The van der Waals surface area contributed by atoms with Gasteiger partial charge < -0.3 is 15.0 Å². The van der Waals surface area contributed by atoms with Crippen LogP contribution in [0.25, 0.3) is 10.2 Å². The number of benzene rings is 1. The van der Waals surface area contributed by atoms with E-state index in [0.29, 0.717) is 46.2 Å². The Bertz CT molecular complexity index is 1060. The van der Waals surface area contributed by atoms with Crippen LogP contribution in [0.4, 0.5) is 18.3 Å². The molecule has 2 amide bonds. The fourth-order valence-corrected chi connectivity index (χ4v) is 4.85. The van der Waals surface area contributed by atoms with E-state index >= 15 is 0 Å². The third-order valence-corrected chi connectivity index (χ3v) is 6.50. The molecule has 0 aliphatic carbocycles. The number of carbonyl (C=O) groups is 2. The van der Waals surface area contributed by atoms with Crippen molar-refractivity contribution in [3.8, 4) is 5.75 Å². The number of fused-ring (bicyclic) bond motifs is 1. The number of nitrogens with zero attached hydrogens (tertiary/aromatic N) is 2. The molecule has 1 N–H and O–H groups in total. The van der Waals surface area contributed by atoms with Gasteiger partial charge in [0.25, 0.3) is 5.91 Å². The predicted octanol–water partition coefficient (Wildman–Crippen LogP) is 4.75. The molecule has 30 heavy (non-hydrogen) atoms. The minimum Gasteiger partial charge on any atom is -0.406 e. The van der Waals surface area contributed by atoms with Crippen molar-refractivity contribution in [3.05, 3.63) is 40.6 Å². The maximum atomic E-state index is 12.6. The maximum Gasteiger partial charge on any atom is 0.573 e. The molecule has 11 heteroatoms. The monoisotopic (exact) mass is 455 g/mol. The molecule has 1 aliphatic rings. The van der Waals surface area contributed by atoms with Crippen molar-refractivity contribution in [2.75, 3.05) is 18.4 Å². The van der Waals surface area contributed by atoms with Crippen LogP contribution >= 0.6 is 22.7 Å². The molecular formula is C19H16F3N3O3S2. The van der Waals surface area contributed by atoms with Gasteiger partial charge in [-0.05, 0) is 36.4 Å². The number of aromatic nitrogens is 1. The summed E-state index contributed by atoms with van der Waals surface area (Å²) in [6.45, 7) is 0.986. The molecule has 1 aromatic carbocycles. The number of thiazole rings is 1. The molecule has 6 nitrogen and oxygen atoms in total. The Labute approximate surface area is 177 Å². The molecule has 0 spiro atoms. The van der Waals surface area contributed by atoms with Crippen LogP contribution in [0.15, 0.2) is 35.7 Å². The highest BCUT2D eigenvalue weighted by molar-refractivity contribution is 7.22. The summed E-state index contributed by atoms with van der Waals surface area (Å²) >= 11 is 2.47. The van der Waals surface area contributed by atoms with Gasteiger partial charge in [0.1, 0.15) is 5.75 Å². The smallest absolute Gasteiger partial charge is 0.406 e. The fraction of sp³-hybridized carbons (Fsp3) is 0.316. The van der Waals surface area contributed by atoms with E-state index in [9.17, 15) is 22.8 Å². The van der Waals surface area contributed by atoms with Crippen LogP contribution < -0.4 is 10.1 Å². The second-order valence-corrected chi connectivity index (χ2v) is 8.71. The van der Waals surface area contributed by atoms with Crippen molar-refractivity contribution in [1.82, 2.24) is 9.88 Å². The molecule has 0 atom stereocenters. The van der Waals surface area contributed by atoms with E-state index in [0.717, 1.165) is 11.3 Å². The number of halogens is 3. The molecular weight excluding hydrogens is 439 g/mol. The quantitative estimate of drug-likeness (QED) is 0.617. The van der Waals surface area contributed by atoms with Crippen LogP contribution in [0.3, 0.4) is 0 Å². The van der Waals surface area contributed by atoms with Gasteiger partial charge in [-0.3, -0.25) is 9.59 Å². The number of carbonyl (C=O) groups excluding carboxylic acids is 2. The molecule has 0 radical (unpaired) electrons. The first kappa shape index (κ1) is 20.6. The van der Waals surface area contributed by atoms with Gasteiger partial charge in [-0.25, -0.2) is 4.98 Å². The predicted molar refractivity (Wildman–Crippen MR) is 108 cm³/mol. The van der Waals surface area contributed by atoms with Gasteiger partial charge in [-0.1, -0.05) is 17.4 Å². The van der Waals surface area contributed by atoms with Crippen LogP contribution in [-0.4, -0.2) is 41.2 Å². The van der Waals surface area contributed by atoms with E-state index in [4.69, 9.17) is 0 Å². The third kappa shape index (κ3) is 4.73. The number of ether oxygens (including phenoxy) is 1. The topological polar surface area (TPSA) is 71.5 Å². The first-order valence-corrected chi connectivity index (χ1v) is 10.8. The van der Waals surface area contributed by atoms with Gasteiger partial charge in [0.15, 0.2) is 5.13 Å². The first-order valence-electron chi connectivity index (χ1n) is 9.08. The number of piperidine rings is 1. The highest BCUT2D eigenvalue weighted by Crippen LogP contribution is 2.32. The van der Waals surface area contributed by atoms with E-state index < -0.39 is 6.36 Å². The Morgan fingerprint density at radius 3 is 2.63 bits per heavy atom. The Balaban J connectivity index is 1.36. The van der Waals surface area contributed by atoms with Crippen molar-refractivity contribution in [3.63, 3.8) is 0 Å². The van der Waals surface area contributed by atoms with Gasteiger partial charge >= 0.3 is 6.36 Å². The van der Waals surface area contributed by atoms with E-state index in [2.05, 4.69) is 15.0 Å². The Morgan fingerprint density at radius 2 is 1.97 bits per heavy atom. The van der Waals surface area contributed by atoms with Crippen LogP contribution in [-0.2, 0) is 4.79 Å². The molecule has 4 rings (SSSR count). The van der Waals surface area contributed by atoms with E-state index in [1.54, 1.807) is 11.0 Å². The Hall–Kier alpha value is -2.66. The number of hydrogen-bond acceptors (Lipinski definition) is 6. The number of thiophene rings is 1. The molecule has 2 aromatic heterocycles. The van der Waals surface area contributed by atoms with Crippen molar-refractivity contribution < 1.29 is 27.5 Å². The van der Waals surface area contributed by atoms with Crippen molar-refractivity contribution >= 4 is 49.8 Å². The van der Waals surface area contributed by atoms with Gasteiger partial charge in [-0.2, -0.15) is 0 Å². The number of rotatable bonds is 4. The zero-order chi connectivity index (χ0) is 21.3. The van der Waals surface area contributed by atoms with Crippen molar-refractivity contribution in [2.45, 2.75) is 19.2 Å². The Kier molecular flexibility index (Phi) is 5.65. The summed E-state index contributed by atoms with van der Waals surface area (Å²) < 4.78 is 41.5.